The fourth-order valence-corrected chi connectivity index (χ4v) is 4.79. The number of benzene rings is 1. The van der Waals surface area contributed by atoms with E-state index in [9.17, 15) is 4.79 Å². The summed E-state index contributed by atoms with van der Waals surface area (Å²) in [7, 11) is 3.99. The fraction of sp³-hybridized carbons (Fsp3) is 0.375. The van der Waals surface area contributed by atoms with Gasteiger partial charge in [-0.25, -0.2) is 14.6 Å². The van der Waals surface area contributed by atoms with Gasteiger partial charge in [0.2, 0.25) is 5.95 Å². The third-order valence-corrected chi connectivity index (χ3v) is 7.33. The minimum Gasteiger partial charge on any atom is -0.354 e. The van der Waals surface area contributed by atoms with E-state index in [1.165, 1.54) is 0 Å². The van der Waals surface area contributed by atoms with Crippen molar-refractivity contribution in [3.63, 3.8) is 0 Å². The molecule has 0 saturated carbocycles. The van der Waals surface area contributed by atoms with Crippen LogP contribution in [0.5, 0.6) is 0 Å². The lowest BCUT2D eigenvalue weighted by Crippen LogP contribution is -2.50. The second-order valence-electron chi connectivity index (χ2n) is 9.58. The van der Waals surface area contributed by atoms with Crippen LogP contribution in [-0.4, -0.2) is 91.0 Å². The summed E-state index contributed by atoms with van der Waals surface area (Å²) in [5.74, 6) is 1.29. The van der Waals surface area contributed by atoms with Crippen molar-refractivity contribution < 1.29 is 4.79 Å². The van der Waals surface area contributed by atoms with E-state index in [4.69, 9.17) is 0 Å². The summed E-state index contributed by atoms with van der Waals surface area (Å²) >= 11 is 0. The van der Waals surface area contributed by atoms with Crippen molar-refractivity contribution in [1.29, 1.82) is 0 Å². The van der Waals surface area contributed by atoms with Gasteiger partial charge < -0.3 is 20.0 Å². The summed E-state index contributed by atoms with van der Waals surface area (Å²) in [6.45, 7) is 7.20. The Morgan fingerprint density at radius 2 is 2.03 bits per heavy atom. The van der Waals surface area contributed by atoms with E-state index >= 15 is 0 Å². The van der Waals surface area contributed by atoms with E-state index in [1.54, 1.807) is 11.0 Å². The molecule has 3 aromatic heterocycles. The third-order valence-electron chi connectivity index (χ3n) is 7.33. The number of H-pyrrole nitrogens is 1. The molecular formula is C24H28N12O. The maximum Gasteiger partial charge on any atom is 0.255 e. The Hall–Kier alpha value is -4.39. The van der Waals surface area contributed by atoms with Crippen molar-refractivity contribution in [3.8, 4) is 11.4 Å². The number of amides is 1. The van der Waals surface area contributed by atoms with Gasteiger partial charge in [-0.3, -0.25) is 9.89 Å². The summed E-state index contributed by atoms with van der Waals surface area (Å²) in [6, 6.07) is 8.09. The lowest BCUT2D eigenvalue weighted by atomic mass is 10.1. The molecule has 1 aromatic carbocycles. The van der Waals surface area contributed by atoms with E-state index in [0.29, 0.717) is 35.5 Å². The molecular weight excluding hydrogens is 472 g/mol. The average Bonchev–Trinajstić information content (AvgIpc) is 3.55. The highest BCUT2D eigenvalue weighted by Crippen LogP contribution is 2.30. The Balaban J connectivity index is 1.27. The number of nitrogens with one attached hydrogen (secondary N) is 2. The molecule has 2 N–H and O–H groups in total. The van der Waals surface area contributed by atoms with E-state index < -0.39 is 0 Å². The summed E-state index contributed by atoms with van der Waals surface area (Å²) in [5, 5.41) is 23.2. The van der Waals surface area contributed by atoms with Crippen LogP contribution in [0, 0.1) is 0 Å². The van der Waals surface area contributed by atoms with Gasteiger partial charge in [0.15, 0.2) is 0 Å². The standard InChI is InChI=1S/C24H28N12O/c1-14-11-35(8-7-33(14)3)21-10-20(25-13-26-21)22-17-9-16(5-6-19(17)28-29-22)27-23(37)18-12-36-24(30-31-32-36)34(4)15(18)2/h5-6,9-10,13-14H,7-8,11-12H2,1-4H3,(H,27,37)(H,28,29)/t14-/m0/s1. The highest BCUT2D eigenvalue weighted by molar-refractivity contribution is 6.06. The highest BCUT2D eigenvalue weighted by Gasteiger charge is 2.27. The van der Waals surface area contributed by atoms with Gasteiger partial charge in [0.25, 0.3) is 5.91 Å². The maximum atomic E-state index is 13.2. The van der Waals surface area contributed by atoms with Crippen LogP contribution in [0.1, 0.15) is 13.8 Å². The lowest BCUT2D eigenvalue weighted by Gasteiger charge is -2.38. The van der Waals surface area contributed by atoms with Crippen molar-refractivity contribution in [1.82, 2.24) is 45.3 Å². The first-order valence-corrected chi connectivity index (χ1v) is 12.2. The van der Waals surface area contributed by atoms with E-state index in [0.717, 1.165) is 47.7 Å². The van der Waals surface area contributed by atoms with Crippen molar-refractivity contribution in [3.05, 3.63) is 41.9 Å². The molecule has 13 nitrogen and oxygen atoms in total. The van der Waals surface area contributed by atoms with Gasteiger partial charge in [0.1, 0.15) is 17.8 Å². The van der Waals surface area contributed by atoms with Crippen molar-refractivity contribution >= 4 is 34.3 Å². The number of nitrogens with zero attached hydrogens (tertiary/aromatic N) is 10. The van der Waals surface area contributed by atoms with Crippen LogP contribution in [0.4, 0.5) is 17.5 Å². The Bertz CT molecular complexity index is 1520. The predicted molar refractivity (Wildman–Crippen MR) is 139 cm³/mol. The molecule has 1 amide bonds. The molecule has 2 aliphatic heterocycles. The number of aromatic nitrogens is 8. The zero-order chi connectivity index (χ0) is 25.7. The number of piperazine rings is 1. The first-order valence-electron chi connectivity index (χ1n) is 12.2. The molecule has 190 valence electrons. The molecule has 6 rings (SSSR count). The minimum absolute atomic E-state index is 0.205. The zero-order valence-corrected chi connectivity index (χ0v) is 21.2. The quantitative estimate of drug-likeness (QED) is 0.424. The van der Waals surface area contributed by atoms with Crippen LogP contribution in [0.15, 0.2) is 41.9 Å². The smallest absolute Gasteiger partial charge is 0.255 e. The van der Waals surface area contributed by atoms with E-state index in [2.05, 4.69) is 64.8 Å². The van der Waals surface area contributed by atoms with Gasteiger partial charge in [0.05, 0.1) is 23.3 Å². The normalized spacial score (nSPS) is 18.4. The lowest BCUT2D eigenvalue weighted by molar-refractivity contribution is -0.113. The Kier molecular flexibility index (Phi) is 5.56. The molecule has 1 saturated heterocycles. The number of allylic oxidation sites excluding steroid dienone is 1. The Morgan fingerprint density at radius 1 is 1.16 bits per heavy atom. The number of hydrogen-bond donors (Lipinski definition) is 2. The molecule has 2 aliphatic rings. The first kappa shape index (κ1) is 23.0. The largest absolute Gasteiger partial charge is 0.354 e. The molecule has 1 atom stereocenters. The highest BCUT2D eigenvalue weighted by atomic mass is 16.1. The second-order valence-corrected chi connectivity index (χ2v) is 9.58. The molecule has 37 heavy (non-hydrogen) atoms. The van der Waals surface area contributed by atoms with Crippen molar-refractivity contribution in [2.75, 3.05) is 48.8 Å². The van der Waals surface area contributed by atoms with Gasteiger partial charge in [-0.2, -0.15) is 5.10 Å². The average molecular weight is 501 g/mol. The van der Waals surface area contributed by atoms with Crippen molar-refractivity contribution in [2.24, 2.45) is 0 Å². The monoisotopic (exact) mass is 500 g/mol. The molecule has 0 bridgehead atoms. The molecule has 0 unspecified atom stereocenters. The van der Waals surface area contributed by atoms with Crippen LogP contribution < -0.4 is 15.1 Å². The molecule has 13 heteroatoms. The molecule has 1 fully saturated rings. The molecule has 0 spiro atoms. The van der Waals surface area contributed by atoms with Crippen molar-refractivity contribution in [2.45, 2.75) is 26.4 Å². The summed E-state index contributed by atoms with van der Waals surface area (Å²) in [5.41, 5.74) is 4.35. The van der Waals surface area contributed by atoms with Gasteiger partial charge in [0, 0.05) is 55.6 Å². The van der Waals surface area contributed by atoms with Crippen LogP contribution >= 0.6 is 0 Å². The number of aromatic amines is 1. The van der Waals surface area contributed by atoms with Gasteiger partial charge >= 0.3 is 0 Å². The Labute approximate surface area is 213 Å². The SMILES string of the molecule is CC1=C(C(=O)Nc2ccc3[nH]nc(-c4cc(N5CCN(C)[C@@H](C)C5)ncn4)c3c2)Cn2nnnc2N1C. The molecule has 0 aliphatic carbocycles. The molecule has 0 radical (unpaired) electrons. The molecule has 5 heterocycles. The van der Waals surface area contributed by atoms with Crippen LogP contribution in [0.25, 0.3) is 22.3 Å². The number of fused-ring (bicyclic) bond motifs is 2. The number of tetrazole rings is 1. The number of rotatable bonds is 4. The maximum absolute atomic E-state index is 13.2. The van der Waals surface area contributed by atoms with Gasteiger partial charge in [-0.1, -0.05) is 5.10 Å². The number of hydrogen-bond acceptors (Lipinski definition) is 10. The predicted octanol–water partition coefficient (Wildman–Crippen LogP) is 1.51. The van der Waals surface area contributed by atoms with Crippen LogP contribution in [0.3, 0.4) is 0 Å². The molecule has 4 aromatic rings. The number of likely N-dealkylation sites (N-methyl/N-ethyl adjacent to an activating group) is 1. The minimum atomic E-state index is -0.205. The fourth-order valence-electron chi connectivity index (χ4n) is 4.79. The van der Waals surface area contributed by atoms with Gasteiger partial charge in [-0.15, -0.1) is 0 Å². The topological polar surface area (TPSA) is 137 Å². The summed E-state index contributed by atoms with van der Waals surface area (Å²) in [6.07, 6.45) is 1.59. The first-order chi connectivity index (χ1) is 17.9. The number of anilines is 3. The number of carbonyl (C=O) groups excluding carboxylic acids is 1. The Morgan fingerprint density at radius 3 is 2.86 bits per heavy atom. The number of carbonyl (C=O) groups is 1. The summed E-state index contributed by atoms with van der Waals surface area (Å²) < 4.78 is 1.60. The van der Waals surface area contributed by atoms with E-state index in [1.807, 2.05) is 43.1 Å². The second kappa shape index (κ2) is 8.92. The zero-order valence-electron chi connectivity index (χ0n) is 21.2. The van der Waals surface area contributed by atoms with Crippen LogP contribution in [-0.2, 0) is 11.3 Å². The van der Waals surface area contributed by atoms with E-state index in [-0.39, 0.29) is 5.91 Å². The van der Waals surface area contributed by atoms with Gasteiger partial charge in [-0.05, 0) is 49.5 Å². The summed E-state index contributed by atoms with van der Waals surface area (Å²) in [4.78, 5) is 28.7. The van der Waals surface area contributed by atoms with Crippen LogP contribution in [0.2, 0.25) is 0 Å². The third kappa shape index (κ3) is 4.06.